The van der Waals surface area contributed by atoms with E-state index in [1.165, 1.54) is 6.20 Å². The number of hydrogen-bond donors (Lipinski definition) is 5. The first-order chi connectivity index (χ1) is 18.3. The second kappa shape index (κ2) is 9.20. The number of thiophene rings is 1. The number of aliphatic hydroxyl groups excluding tert-OH is 1. The van der Waals surface area contributed by atoms with Gasteiger partial charge in [0.15, 0.2) is 11.8 Å². The van der Waals surface area contributed by atoms with Gasteiger partial charge in [-0.15, -0.1) is 11.3 Å². The smallest absolute Gasteiger partial charge is 0.199 e. The van der Waals surface area contributed by atoms with E-state index in [1.54, 1.807) is 6.20 Å². The lowest BCUT2D eigenvalue weighted by Crippen LogP contribution is -2.54. The van der Waals surface area contributed by atoms with E-state index in [0.29, 0.717) is 47.9 Å². The fourth-order valence-electron chi connectivity index (χ4n) is 6.12. The molecule has 1 aromatic heterocycles. The zero-order valence-corrected chi connectivity index (χ0v) is 21.9. The van der Waals surface area contributed by atoms with Gasteiger partial charge < -0.3 is 36.4 Å². The molecule has 38 heavy (non-hydrogen) atoms. The Labute approximate surface area is 223 Å². The number of likely N-dealkylation sites (tertiary alicyclic amines) is 1. The molecule has 1 fully saturated rings. The molecule has 6 rings (SSSR count). The van der Waals surface area contributed by atoms with Crippen molar-refractivity contribution in [2.24, 2.45) is 4.99 Å². The third-order valence-corrected chi connectivity index (χ3v) is 8.78. The van der Waals surface area contributed by atoms with Gasteiger partial charge in [0.25, 0.3) is 0 Å². The summed E-state index contributed by atoms with van der Waals surface area (Å²) in [7, 11) is 0. The number of halogens is 2. The molecule has 0 saturated carbocycles. The molecule has 5 aliphatic rings. The van der Waals surface area contributed by atoms with Crippen LogP contribution in [0.4, 0.5) is 13.8 Å². The van der Waals surface area contributed by atoms with E-state index < -0.39 is 29.3 Å². The molecule has 12 heteroatoms. The summed E-state index contributed by atoms with van der Waals surface area (Å²) in [6.45, 7) is 5.73. The maximum absolute atomic E-state index is 16.6. The lowest BCUT2D eigenvalue weighted by molar-refractivity contribution is 0.160. The minimum atomic E-state index is -0.911. The summed E-state index contributed by atoms with van der Waals surface area (Å²) in [5.74, 6) is -0.486. The number of aliphatic hydroxyl groups is 1. The Morgan fingerprint density at radius 1 is 1.37 bits per heavy atom. The highest BCUT2D eigenvalue weighted by atomic mass is 32.1. The van der Waals surface area contributed by atoms with Crippen LogP contribution in [0.15, 0.2) is 45.5 Å². The number of rotatable bonds is 4. The quantitative estimate of drug-likeness (QED) is 0.393. The highest BCUT2D eigenvalue weighted by Gasteiger charge is 2.45. The van der Waals surface area contributed by atoms with Gasteiger partial charge in [-0.05, 0) is 17.6 Å². The minimum absolute atomic E-state index is 0.0176. The van der Waals surface area contributed by atoms with Crippen LogP contribution in [0.2, 0.25) is 0 Å². The molecule has 1 aromatic rings. The Balaban J connectivity index is 1.40. The first-order valence-corrected chi connectivity index (χ1v) is 13.4. The van der Waals surface area contributed by atoms with Crippen molar-refractivity contribution >= 4 is 28.1 Å². The van der Waals surface area contributed by atoms with Gasteiger partial charge in [-0.2, -0.15) is 5.26 Å². The maximum Gasteiger partial charge on any atom is 0.199 e. The van der Waals surface area contributed by atoms with Crippen LogP contribution in [-0.2, 0) is 4.74 Å². The summed E-state index contributed by atoms with van der Waals surface area (Å²) in [6.07, 6.45) is 3.70. The standard InChI is InChI=1S/C26H29F2N7O2S/c1-12(2)34-26(11-36)3-4-35(10-26)25-32-6-14-15-8-37-9-16(15)18(20(28)21(14)33-25)22-19-13(5-29)24(30)38-23(19)17(27)7-31-22/h6-7,12,21-22,31,34,36H,3-4,8-11,30H2,1-2H3,(H,32,33). The molecule has 3 atom stereocenters. The molecule has 4 aliphatic heterocycles. The Hall–Kier alpha value is -3.24. The number of aliphatic imine (C=N–C) groups is 1. The minimum Gasteiger partial charge on any atom is -0.394 e. The first kappa shape index (κ1) is 25.1. The van der Waals surface area contributed by atoms with E-state index in [-0.39, 0.29) is 34.7 Å². The lowest BCUT2D eigenvalue weighted by Gasteiger charge is -2.35. The van der Waals surface area contributed by atoms with Crippen LogP contribution in [0.1, 0.15) is 42.3 Å². The van der Waals surface area contributed by atoms with Crippen LogP contribution >= 0.6 is 11.3 Å². The van der Waals surface area contributed by atoms with E-state index in [4.69, 9.17) is 15.5 Å². The summed E-state index contributed by atoms with van der Waals surface area (Å²) in [6, 6.07) is 0.549. The second-order valence-electron chi connectivity index (χ2n) is 10.5. The number of nitriles is 1. The number of nitrogen functional groups attached to an aromatic ring is 1. The molecule has 200 valence electrons. The van der Waals surface area contributed by atoms with Gasteiger partial charge in [0.1, 0.15) is 22.9 Å². The highest BCUT2D eigenvalue weighted by Crippen LogP contribution is 2.50. The summed E-state index contributed by atoms with van der Waals surface area (Å²) in [5, 5.41) is 29.8. The van der Waals surface area contributed by atoms with Crippen molar-refractivity contribution < 1.29 is 18.6 Å². The molecular formula is C26H29F2N7O2S. The molecule has 9 nitrogen and oxygen atoms in total. The average molecular weight is 542 g/mol. The van der Waals surface area contributed by atoms with Gasteiger partial charge in [-0.25, -0.2) is 13.8 Å². The van der Waals surface area contributed by atoms with Crippen LogP contribution in [0, 0.1) is 11.3 Å². The van der Waals surface area contributed by atoms with Crippen molar-refractivity contribution in [2.75, 3.05) is 38.6 Å². The lowest BCUT2D eigenvalue weighted by atomic mass is 9.79. The molecule has 5 heterocycles. The Morgan fingerprint density at radius 2 is 2.16 bits per heavy atom. The number of guanidine groups is 1. The summed E-state index contributed by atoms with van der Waals surface area (Å²) in [4.78, 5) is 7.05. The zero-order chi connectivity index (χ0) is 26.8. The number of anilines is 1. The van der Waals surface area contributed by atoms with Crippen LogP contribution in [0.5, 0.6) is 0 Å². The molecule has 1 aliphatic carbocycles. The van der Waals surface area contributed by atoms with E-state index in [0.717, 1.165) is 23.3 Å². The Bertz CT molecular complexity index is 1400. The molecule has 1 saturated heterocycles. The van der Waals surface area contributed by atoms with E-state index >= 15 is 4.39 Å². The van der Waals surface area contributed by atoms with Gasteiger partial charge in [-0.3, -0.25) is 0 Å². The monoisotopic (exact) mass is 541 g/mol. The van der Waals surface area contributed by atoms with E-state index in [1.807, 2.05) is 18.7 Å². The highest BCUT2D eigenvalue weighted by molar-refractivity contribution is 7.17. The molecule has 0 amide bonds. The van der Waals surface area contributed by atoms with Gasteiger partial charge in [0, 0.05) is 48.2 Å². The van der Waals surface area contributed by atoms with E-state index in [2.05, 4.69) is 22.0 Å². The van der Waals surface area contributed by atoms with Gasteiger partial charge in [-0.1, -0.05) is 13.8 Å². The maximum atomic E-state index is 16.6. The molecule has 0 bridgehead atoms. The fourth-order valence-corrected chi connectivity index (χ4v) is 7.08. The molecular weight excluding hydrogens is 512 g/mol. The third kappa shape index (κ3) is 3.76. The number of ether oxygens (including phenoxy) is 1. The van der Waals surface area contributed by atoms with Crippen LogP contribution in [0.25, 0.3) is 5.83 Å². The van der Waals surface area contributed by atoms with Crippen molar-refractivity contribution in [1.82, 2.24) is 20.9 Å². The summed E-state index contributed by atoms with van der Waals surface area (Å²) in [5.41, 5.74) is 8.61. The summed E-state index contributed by atoms with van der Waals surface area (Å²) >= 11 is 0.987. The fraction of sp³-hybridized carbons (Fsp3) is 0.462. The number of nitrogens with two attached hydrogens (primary N) is 1. The van der Waals surface area contributed by atoms with Crippen LogP contribution in [0.3, 0.4) is 0 Å². The second-order valence-corrected chi connectivity index (χ2v) is 11.6. The number of hydrogen-bond acceptors (Lipinski definition) is 10. The van der Waals surface area contributed by atoms with E-state index in [9.17, 15) is 14.8 Å². The van der Waals surface area contributed by atoms with Gasteiger partial charge in [0.2, 0.25) is 0 Å². The van der Waals surface area contributed by atoms with Crippen LogP contribution < -0.4 is 21.7 Å². The van der Waals surface area contributed by atoms with Crippen molar-refractivity contribution in [2.45, 2.75) is 43.9 Å². The molecule has 0 radical (unpaired) electrons. The van der Waals surface area contributed by atoms with Gasteiger partial charge >= 0.3 is 0 Å². The number of fused-ring (bicyclic) bond motifs is 3. The predicted octanol–water partition coefficient (Wildman–Crippen LogP) is 2.32. The molecule has 0 spiro atoms. The topological polar surface area (TPSA) is 131 Å². The first-order valence-electron chi connectivity index (χ1n) is 12.6. The Kier molecular flexibility index (Phi) is 6.07. The number of nitrogens with zero attached hydrogens (tertiary/aromatic N) is 3. The predicted molar refractivity (Wildman–Crippen MR) is 141 cm³/mol. The number of nitrogens with one attached hydrogen (secondary N) is 3. The van der Waals surface area contributed by atoms with Crippen molar-refractivity contribution in [3.05, 3.63) is 56.5 Å². The van der Waals surface area contributed by atoms with Crippen molar-refractivity contribution in [3.63, 3.8) is 0 Å². The molecule has 6 N–H and O–H groups in total. The third-order valence-electron chi connectivity index (χ3n) is 7.74. The van der Waals surface area contributed by atoms with Gasteiger partial charge in [0.05, 0.1) is 41.8 Å². The van der Waals surface area contributed by atoms with Crippen LogP contribution in [-0.4, -0.2) is 66.5 Å². The Morgan fingerprint density at radius 3 is 2.89 bits per heavy atom. The molecule has 3 unspecified atom stereocenters. The summed E-state index contributed by atoms with van der Waals surface area (Å²) < 4.78 is 37.0. The largest absolute Gasteiger partial charge is 0.394 e. The SMILES string of the molecule is CC(C)NC1(CO)CCN(C2=NC3C(=CN2)C2=C(COC2)C(C2NC=C(F)c4sc(N)c(C#N)c42)=C3F)C1. The van der Waals surface area contributed by atoms with Crippen molar-refractivity contribution in [3.8, 4) is 6.07 Å². The molecule has 0 aromatic carbocycles. The van der Waals surface area contributed by atoms with Crippen molar-refractivity contribution in [1.29, 1.82) is 5.26 Å². The normalized spacial score (nSPS) is 28.2. The zero-order valence-electron chi connectivity index (χ0n) is 21.1. The average Bonchev–Trinajstić information content (AvgIpc) is 3.62.